The van der Waals surface area contributed by atoms with Gasteiger partial charge in [-0.3, -0.25) is 4.18 Å². The minimum absolute atomic E-state index is 0.00926. The molecule has 3 heteroatoms. The van der Waals surface area contributed by atoms with Gasteiger partial charge in [0.05, 0.1) is 12.4 Å². The summed E-state index contributed by atoms with van der Waals surface area (Å²) in [6, 6.07) is 0. The van der Waals surface area contributed by atoms with Crippen LogP contribution in [-0.4, -0.2) is 16.6 Å². The molecule has 0 bridgehead atoms. The predicted molar refractivity (Wildman–Crippen MR) is 44.0 cm³/mol. The molecule has 0 spiro atoms. The largest absolute Gasteiger partial charge is 0.293 e. The molecule has 0 aromatic rings. The molecule has 2 atom stereocenters. The average Bonchev–Trinajstić information content (AvgIpc) is 1.88. The molecule has 0 aliphatic carbocycles. The van der Waals surface area contributed by atoms with E-state index in [-0.39, 0.29) is 5.25 Å². The Balaban J connectivity index is 4.06. The standard InChI is InChI=1S/C7H14O2S/c1-5-7(6(2)3)10(8)9-4/h7H,2,5H2,1,3-4H3. The van der Waals surface area contributed by atoms with Crippen LogP contribution in [0.15, 0.2) is 12.2 Å². The molecule has 0 radical (unpaired) electrons. The first kappa shape index (κ1) is 9.85. The maximum Gasteiger partial charge on any atom is 0.162 e. The van der Waals surface area contributed by atoms with Gasteiger partial charge in [-0.2, -0.15) is 0 Å². The lowest BCUT2D eigenvalue weighted by Crippen LogP contribution is -2.15. The summed E-state index contributed by atoms with van der Waals surface area (Å²) in [4.78, 5) is 0. The second-order valence-corrected chi connectivity index (χ2v) is 3.59. The van der Waals surface area contributed by atoms with E-state index < -0.39 is 11.1 Å². The number of hydrogen-bond donors (Lipinski definition) is 0. The van der Waals surface area contributed by atoms with Crippen molar-refractivity contribution in [2.45, 2.75) is 25.5 Å². The molecular weight excluding hydrogens is 148 g/mol. The Bertz CT molecular complexity index is 143. The molecule has 0 heterocycles. The number of hydrogen-bond acceptors (Lipinski definition) is 2. The Morgan fingerprint density at radius 1 is 1.80 bits per heavy atom. The average molecular weight is 162 g/mol. The van der Waals surface area contributed by atoms with E-state index in [0.717, 1.165) is 12.0 Å². The normalized spacial score (nSPS) is 16.3. The van der Waals surface area contributed by atoms with Gasteiger partial charge in [0.25, 0.3) is 0 Å². The fourth-order valence-electron chi connectivity index (χ4n) is 0.765. The van der Waals surface area contributed by atoms with E-state index >= 15 is 0 Å². The molecule has 2 unspecified atom stereocenters. The SMILES string of the molecule is C=C(C)C(CC)S(=O)OC. The Kier molecular flexibility index (Phi) is 4.56. The van der Waals surface area contributed by atoms with Crippen LogP contribution in [0.2, 0.25) is 0 Å². The lowest BCUT2D eigenvalue weighted by molar-refractivity contribution is 0.439. The summed E-state index contributed by atoms with van der Waals surface area (Å²) in [5.41, 5.74) is 0.919. The van der Waals surface area contributed by atoms with Gasteiger partial charge in [-0.1, -0.05) is 19.1 Å². The van der Waals surface area contributed by atoms with Gasteiger partial charge in [-0.15, -0.1) is 0 Å². The third-order valence-corrected chi connectivity index (χ3v) is 2.85. The molecule has 0 aromatic heterocycles. The van der Waals surface area contributed by atoms with E-state index in [0.29, 0.717) is 0 Å². The van der Waals surface area contributed by atoms with Crippen LogP contribution in [0, 0.1) is 0 Å². The molecule has 0 saturated carbocycles. The second kappa shape index (κ2) is 4.63. The number of rotatable bonds is 4. The highest BCUT2D eigenvalue weighted by Gasteiger charge is 2.14. The Labute approximate surface area is 64.9 Å². The van der Waals surface area contributed by atoms with Gasteiger partial charge in [-0.25, -0.2) is 4.21 Å². The fourth-order valence-corrected chi connectivity index (χ4v) is 1.60. The minimum atomic E-state index is -1.19. The Hall–Kier alpha value is -0.150. The third kappa shape index (κ3) is 2.62. The smallest absolute Gasteiger partial charge is 0.162 e. The molecule has 0 saturated heterocycles. The van der Waals surface area contributed by atoms with Gasteiger partial charge >= 0.3 is 0 Å². The van der Waals surface area contributed by atoms with Crippen molar-refractivity contribution in [2.75, 3.05) is 7.11 Å². The Morgan fingerprint density at radius 2 is 2.30 bits per heavy atom. The van der Waals surface area contributed by atoms with Gasteiger partial charge in [-0.05, 0) is 13.3 Å². The topological polar surface area (TPSA) is 26.3 Å². The van der Waals surface area contributed by atoms with Gasteiger partial charge in [0, 0.05) is 0 Å². The van der Waals surface area contributed by atoms with Crippen molar-refractivity contribution in [1.29, 1.82) is 0 Å². The van der Waals surface area contributed by atoms with Crippen molar-refractivity contribution >= 4 is 11.1 Å². The van der Waals surface area contributed by atoms with Crippen molar-refractivity contribution in [2.24, 2.45) is 0 Å². The summed E-state index contributed by atoms with van der Waals surface area (Å²) >= 11 is -1.19. The summed E-state index contributed by atoms with van der Waals surface area (Å²) in [5.74, 6) is 0. The van der Waals surface area contributed by atoms with Crippen LogP contribution in [0.1, 0.15) is 20.3 Å². The quantitative estimate of drug-likeness (QED) is 0.587. The molecule has 2 nitrogen and oxygen atoms in total. The lowest BCUT2D eigenvalue weighted by Gasteiger charge is -2.11. The monoisotopic (exact) mass is 162 g/mol. The molecule has 0 fully saturated rings. The zero-order valence-electron chi connectivity index (χ0n) is 6.72. The van der Waals surface area contributed by atoms with Crippen LogP contribution in [0.25, 0.3) is 0 Å². The van der Waals surface area contributed by atoms with Crippen molar-refractivity contribution in [1.82, 2.24) is 0 Å². The van der Waals surface area contributed by atoms with Crippen LogP contribution in [0.5, 0.6) is 0 Å². The van der Waals surface area contributed by atoms with Gasteiger partial charge < -0.3 is 0 Å². The summed E-state index contributed by atoms with van der Waals surface area (Å²) in [6.07, 6.45) is 0.815. The molecule has 10 heavy (non-hydrogen) atoms. The minimum Gasteiger partial charge on any atom is -0.293 e. The maximum absolute atomic E-state index is 11.0. The van der Waals surface area contributed by atoms with E-state index in [2.05, 4.69) is 10.8 Å². The van der Waals surface area contributed by atoms with Crippen LogP contribution < -0.4 is 0 Å². The first-order valence-electron chi connectivity index (χ1n) is 3.23. The molecule has 0 aliphatic heterocycles. The fraction of sp³-hybridized carbons (Fsp3) is 0.714. The van der Waals surface area contributed by atoms with Crippen molar-refractivity contribution in [3.63, 3.8) is 0 Å². The highest BCUT2D eigenvalue weighted by atomic mass is 32.2. The van der Waals surface area contributed by atoms with Crippen LogP contribution >= 0.6 is 0 Å². The summed E-state index contributed by atoms with van der Waals surface area (Å²) in [6.45, 7) is 7.56. The predicted octanol–water partition coefficient (Wildman–Crippen LogP) is 1.65. The van der Waals surface area contributed by atoms with Crippen molar-refractivity contribution < 1.29 is 8.39 Å². The molecule has 0 N–H and O–H groups in total. The van der Waals surface area contributed by atoms with Crippen molar-refractivity contribution in [3.05, 3.63) is 12.2 Å². The first-order valence-corrected chi connectivity index (χ1v) is 4.37. The zero-order valence-corrected chi connectivity index (χ0v) is 7.53. The molecule has 0 rings (SSSR count). The Morgan fingerprint density at radius 3 is 2.40 bits per heavy atom. The van der Waals surface area contributed by atoms with E-state index in [1.165, 1.54) is 7.11 Å². The van der Waals surface area contributed by atoms with Gasteiger partial charge in [0.15, 0.2) is 11.1 Å². The zero-order chi connectivity index (χ0) is 8.15. The molecule has 0 aromatic carbocycles. The molecular formula is C7H14O2S. The third-order valence-electron chi connectivity index (χ3n) is 1.32. The first-order chi connectivity index (χ1) is 4.63. The lowest BCUT2D eigenvalue weighted by atomic mass is 10.2. The van der Waals surface area contributed by atoms with Crippen LogP contribution in [0.3, 0.4) is 0 Å². The summed E-state index contributed by atoms with van der Waals surface area (Å²) in [7, 11) is 1.45. The highest BCUT2D eigenvalue weighted by molar-refractivity contribution is 7.81. The maximum atomic E-state index is 11.0. The summed E-state index contributed by atoms with van der Waals surface area (Å²) < 4.78 is 15.7. The van der Waals surface area contributed by atoms with E-state index in [1.807, 2.05) is 13.8 Å². The van der Waals surface area contributed by atoms with Crippen LogP contribution in [-0.2, 0) is 15.3 Å². The van der Waals surface area contributed by atoms with E-state index in [1.54, 1.807) is 0 Å². The van der Waals surface area contributed by atoms with Crippen LogP contribution in [0.4, 0.5) is 0 Å². The van der Waals surface area contributed by atoms with Gasteiger partial charge in [0.1, 0.15) is 0 Å². The summed E-state index contributed by atoms with van der Waals surface area (Å²) in [5, 5.41) is -0.00926. The molecule has 0 amide bonds. The van der Waals surface area contributed by atoms with E-state index in [9.17, 15) is 4.21 Å². The van der Waals surface area contributed by atoms with Crippen molar-refractivity contribution in [3.8, 4) is 0 Å². The second-order valence-electron chi connectivity index (χ2n) is 2.17. The highest BCUT2D eigenvalue weighted by Crippen LogP contribution is 2.10. The molecule has 60 valence electrons. The molecule has 0 aliphatic rings. The van der Waals surface area contributed by atoms with Gasteiger partial charge in [0.2, 0.25) is 0 Å². The van der Waals surface area contributed by atoms with E-state index in [4.69, 9.17) is 0 Å².